The predicted molar refractivity (Wildman–Crippen MR) is 92.3 cm³/mol. The average Bonchev–Trinajstić information content (AvgIpc) is 2.59. The second-order valence-corrected chi connectivity index (χ2v) is 8.64. The number of carbonyl (C=O) groups is 2. The molecule has 0 aliphatic carbocycles. The average molecular weight is 386 g/mol. The summed E-state index contributed by atoms with van der Waals surface area (Å²) in [5.41, 5.74) is 0. The van der Waals surface area contributed by atoms with E-state index in [4.69, 9.17) is 5.11 Å². The number of carboxylic acid groups (broad SMARTS) is 1. The highest BCUT2D eigenvalue weighted by atomic mass is 32.2. The molecule has 1 aliphatic heterocycles. The Morgan fingerprint density at radius 1 is 1.19 bits per heavy atom. The number of piperidine rings is 1. The number of nitrogens with one attached hydrogen (secondary N) is 1. The summed E-state index contributed by atoms with van der Waals surface area (Å²) < 4.78 is 39.4. The predicted octanol–water partition coefficient (Wildman–Crippen LogP) is 1.45. The van der Waals surface area contributed by atoms with Crippen LogP contribution in [0, 0.1) is 17.7 Å². The van der Waals surface area contributed by atoms with Crippen molar-refractivity contribution >= 4 is 21.9 Å². The Balaban J connectivity index is 1.99. The van der Waals surface area contributed by atoms with Gasteiger partial charge in [0.25, 0.3) is 0 Å². The molecule has 1 saturated heterocycles. The molecule has 1 aromatic carbocycles. The summed E-state index contributed by atoms with van der Waals surface area (Å²) >= 11 is 0. The van der Waals surface area contributed by atoms with Crippen LogP contribution in [0.5, 0.6) is 0 Å². The van der Waals surface area contributed by atoms with Gasteiger partial charge in [0.15, 0.2) is 0 Å². The summed E-state index contributed by atoms with van der Waals surface area (Å²) in [5.74, 6) is -2.67. The van der Waals surface area contributed by atoms with Crippen molar-refractivity contribution in [2.24, 2.45) is 11.8 Å². The highest BCUT2D eigenvalue weighted by molar-refractivity contribution is 7.89. The number of rotatable bonds is 6. The molecule has 0 saturated carbocycles. The maximum Gasteiger partial charge on any atom is 0.326 e. The summed E-state index contributed by atoms with van der Waals surface area (Å²) in [7, 11) is -3.74. The summed E-state index contributed by atoms with van der Waals surface area (Å²) in [6.07, 6.45) is 0.605. The van der Waals surface area contributed by atoms with Gasteiger partial charge in [0, 0.05) is 19.0 Å². The van der Waals surface area contributed by atoms with Crippen LogP contribution in [0.25, 0.3) is 0 Å². The quantitative estimate of drug-likeness (QED) is 0.770. The second-order valence-electron chi connectivity index (χ2n) is 6.70. The van der Waals surface area contributed by atoms with Crippen LogP contribution < -0.4 is 5.32 Å². The molecule has 9 heteroatoms. The van der Waals surface area contributed by atoms with E-state index in [2.05, 4.69) is 5.32 Å². The monoisotopic (exact) mass is 386 g/mol. The molecule has 1 amide bonds. The van der Waals surface area contributed by atoms with Crippen molar-refractivity contribution in [2.45, 2.75) is 37.6 Å². The standard InChI is InChI=1S/C17H23FN2O5S/c1-11(2)15(17(22)23)19-16(21)12-7-9-20(10-8-12)26(24,25)14-5-3-13(18)4-6-14/h3-6,11-12,15H,7-10H2,1-2H3,(H,19,21)(H,22,23). The van der Waals surface area contributed by atoms with Crippen molar-refractivity contribution < 1.29 is 27.5 Å². The number of sulfonamides is 1. The van der Waals surface area contributed by atoms with Crippen LogP contribution in [0.3, 0.4) is 0 Å². The van der Waals surface area contributed by atoms with Crippen LogP contribution in [0.1, 0.15) is 26.7 Å². The van der Waals surface area contributed by atoms with Crippen molar-refractivity contribution in [3.8, 4) is 0 Å². The third kappa shape index (κ3) is 4.59. The van der Waals surface area contributed by atoms with Crippen molar-refractivity contribution in [1.29, 1.82) is 0 Å². The minimum absolute atomic E-state index is 0.00699. The lowest BCUT2D eigenvalue weighted by molar-refractivity contribution is -0.144. The summed E-state index contributed by atoms with van der Waals surface area (Å²) in [6.45, 7) is 3.71. The van der Waals surface area contributed by atoms with Crippen molar-refractivity contribution in [3.63, 3.8) is 0 Å². The fourth-order valence-electron chi connectivity index (χ4n) is 2.90. The van der Waals surface area contributed by atoms with Gasteiger partial charge in [-0.2, -0.15) is 4.31 Å². The molecule has 2 rings (SSSR count). The molecule has 1 aromatic rings. The van der Waals surface area contributed by atoms with E-state index in [1.165, 1.54) is 16.4 Å². The number of halogens is 1. The van der Waals surface area contributed by atoms with Gasteiger partial charge in [-0.25, -0.2) is 17.6 Å². The summed E-state index contributed by atoms with van der Waals surface area (Å²) in [4.78, 5) is 23.5. The van der Waals surface area contributed by atoms with Gasteiger partial charge in [0.2, 0.25) is 15.9 Å². The highest BCUT2D eigenvalue weighted by Gasteiger charge is 2.34. The van der Waals surface area contributed by atoms with E-state index >= 15 is 0 Å². The number of amides is 1. The summed E-state index contributed by atoms with van der Waals surface area (Å²) in [5, 5.41) is 11.7. The third-order valence-electron chi connectivity index (χ3n) is 4.51. The molecule has 1 aliphatic rings. The normalized spacial score (nSPS) is 17.8. The van der Waals surface area contributed by atoms with E-state index in [-0.39, 0.29) is 29.8 Å². The number of carboxylic acids is 1. The Morgan fingerprint density at radius 3 is 2.19 bits per heavy atom. The van der Waals surface area contributed by atoms with Crippen molar-refractivity contribution in [3.05, 3.63) is 30.1 Å². The van der Waals surface area contributed by atoms with Gasteiger partial charge >= 0.3 is 5.97 Å². The second kappa shape index (κ2) is 8.13. The van der Waals surface area contributed by atoms with Gasteiger partial charge < -0.3 is 10.4 Å². The van der Waals surface area contributed by atoms with Crippen LogP contribution >= 0.6 is 0 Å². The lowest BCUT2D eigenvalue weighted by Crippen LogP contribution is -2.49. The fraction of sp³-hybridized carbons (Fsp3) is 0.529. The molecule has 0 radical (unpaired) electrons. The van der Waals surface area contributed by atoms with Crippen LogP contribution in [0.2, 0.25) is 0 Å². The zero-order chi connectivity index (χ0) is 19.5. The molecule has 0 aromatic heterocycles. The van der Waals surface area contributed by atoms with Gasteiger partial charge in [0.05, 0.1) is 4.90 Å². The number of carbonyl (C=O) groups excluding carboxylic acids is 1. The number of benzene rings is 1. The van der Waals surface area contributed by atoms with E-state index in [0.29, 0.717) is 12.8 Å². The molecule has 144 valence electrons. The first kappa shape index (κ1) is 20.3. The van der Waals surface area contributed by atoms with E-state index in [9.17, 15) is 22.4 Å². The minimum atomic E-state index is -3.74. The Bertz CT molecular complexity index is 756. The Morgan fingerprint density at radius 2 is 1.73 bits per heavy atom. The van der Waals surface area contributed by atoms with Gasteiger partial charge in [-0.3, -0.25) is 4.79 Å². The SMILES string of the molecule is CC(C)C(NC(=O)C1CCN(S(=O)(=O)c2ccc(F)cc2)CC1)C(=O)O. The molecular weight excluding hydrogens is 363 g/mol. The highest BCUT2D eigenvalue weighted by Crippen LogP contribution is 2.24. The van der Waals surface area contributed by atoms with Gasteiger partial charge in [-0.15, -0.1) is 0 Å². The van der Waals surface area contributed by atoms with Crippen molar-refractivity contribution in [1.82, 2.24) is 9.62 Å². The molecule has 1 heterocycles. The molecule has 0 spiro atoms. The van der Waals surface area contributed by atoms with Crippen molar-refractivity contribution in [2.75, 3.05) is 13.1 Å². The van der Waals surface area contributed by atoms with E-state index in [0.717, 1.165) is 12.1 Å². The van der Waals surface area contributed by atoms with Crippen LogP contribution in [0.4, 0.5) is 4.39 Å². The molecule has 2 N–H and O–H groups in total. The van der Waals surface area contributed by atoms with E-state index < -0.39 is 33.8 Å². The molecule has 1 fully saturated rings. The van der Waals surface area contributed by atoms with Crippen LogP contribution in [0.15, 0.2) is 29.2 Å². The van der Waals surface area contributed by atoms with Gasteiger partial charge in [-0.05, 0) is 43.0 Å². The first-order valence-electron chi connectivity index (χ1n) is 8.42. The Hall–Kier alpha value is -2.00. The minimum Gasteiger partial charge on any atom is -0.480 e. The number of hydrogen-bond donors (Lipinski definition) is 2. The molecule has 1 atom stereocenters. The molecule has 7 nitrogen and oxygen atoms in total. The molecule has 0 bridgehead atoms. The number of nitrogens with zero attached hydrogens (tertiary/aromatic N) is 1. The molecule has 26 heavy (non-hydrogen) atoms. The van der Waals surface area contributed by atoms with Gasteiger partial charge in [0.1, 0.15) is 11.9 Å². The van der Waals surface area contributed by atoms with Crippen LogP contribution in [-0.2, 0) is 19.6 Å². The first-order chi connectivity index (χ1) is 12.1. The van der Waals surface area contributed by atoms with E-state index in [1.54, 1.807) is 13.8 Å². The lowest BCUT2D eigenvalue weighted by Gasteiger charge is -2.31. The maximum atomic E-state index is 13.0. The largest absolute Gasteiger partial charge is 0.480 e. The summed E-state index contributed by atoms with van der Waals surface area (Å²) in [6, 6.07) is 3.63. The molecule has 1 unspecified atom stereocenters. The van der Waals surface area contributed by atoms with E-state index in [1.807, 2.05) is 0 Å². The zero-order valence-corrected chi connectivity index (χ0v) is 15.5. The maximum absolute atomic E-state index is 13.0. The zero-order valence-electron chi connectivity index (χ0n) is 14.7. The topological polar surface area (TPSA) is 104 Å². The smallest absolute Gasteiger partial charge is 0.326 e. The number of aliphatic carboxylic acids is 1. The lowest BCUT2D eigenvalue weighted by atomic mass is 9.95. The molecular formula is C17H23FN2O5S. The first-order valence-corrected chi connectivity index (χ1v) is 9.86. The number of hydrogen-bond acceptors (Lipinski definition) is 4. The Kier molecular flexibility index (Phi) is 6.35. The fourth-order valence-corrected chi connectivity index (χ4v) is 4.37. The van der Waals surface area contributed by atoms with Crippen LogP contribution in [-0.4, -0.2) is 48.8 Å². The van der Waals surface area contributed by atoms with Gasteiger partial charge in [-0.1, -0.05) is 13.8 Å². The Labute approximate surface area is 152 Å². The third-order valence-corrected chi connectivity index (χ3v) is 6.42.